The van der Waals surface area contributed by atoms with Crippen molar-refractivity contribution in [3.63, 3.8) is 0 Å². The highest BCUT2D eigenvalue weighted by molar-refractivity contribution is 6.32. The summed E-state index contributed by atoms with van der Waals surface area (Å²) in [6.45, 7) is 5.88. The molecule has 0 fully saturated rings. The molecule has 1 heterocycles. The van der Waals surface area contributed by atoms with E-state index in [0.717, 1.165) is 11.1 Å². The molecule has 0 saturated heterocycles. The molecule has 1 aromatic heterocycles. The summed E-state index contributed by atoms with van der Waals surface area (Å²) >= 11 is 5.92. The first kappa shape index (κ1) is 11.8. The number of pyridine rings is 1. The number of nitrogens with one attached hydrogen (secondary N) is 1. The van der Waals surface area contributed by atoms with Gasteiger partial charge < -0.3 is 4.98 Å². The first-order valence-electron chi connectivity index (χ1n) is 4.96. The molecule has 0 aliphatic rings. The summed E-state index contributed by atoms with van der Waals surface area (Å²) in [5.41, 5.74) is 1.72. The lowest BCUT2D eigenvalue weighted by molar-refractivity contribution is 1.37. The van der Waals surface area contributed by atoms with Crippen molar-refractivity contribution in [2.24, 2.45) is 0 Å². The van der Waals surface area contributed by atoms with Gasteiger partial charge in [-0.25, -0.2) is 0 Å². The van der Waals surface area contributed by atoms with Crippen LogP contribution in [-0.2, 0) is 0 Å². The number of halogens is 1. The van der Waals surface area contributed by atoms with Gasteiger partial charge in [0.25, 0.3) is 0 Å². The van der Waals surface area contributed by atoms with E-state index in [4.69, 9.17) is 11.6 Å². The average molecular weight is 224 g/mol. The van der Waals surface area contributed by atoms with Gasteiger partial charge >= 0.3 is 0 Å². The Kier molecular flexibility index (Phi) is 3.92. The lowest BCUT2D eigenvalue weighted by Gasteiger charge is -2.00. The summed E-state index contributed by atoms with van der Waals surface area (Å²) in [6, 6.07) is 5.08. The monoisotopic (exact) mass is 223 g/mol. The van der Waals surface area contributed by atoms with Crippen LogP contribution in [0, 0.1) is 6.92 Å². The molecule has 2 rings (SSSR count). The Labute approximate surface area is 93.9 Å². The highest BCUT2D eigenvalue weighted by Gasteiger charge is 2.01. The first-order valence-corrected chi connectivity index (χ1v) is 5.34. The third kappa shape index (κ3) is 2.39. The smallest absolute Gasteiger partial charge is 0.189 e. The summed E-state index contributed by atoms with van der Waals surface area (Å²) in [5, 5.41) is 1.36. The van der Waals surface area contributed by atoms with Crippen molar-refractivity contribution in [1.29, 1.82) is 0 Å². The highest BCUT2D eigenvalue weighted by Crippen LogP contribution is 2.19. The van der Waals surface area contributed by atoms with E-state index in [9.17, 15) is 4.79 Å². The van der Waals surface area contributed by atoms with Gasteiger partial charge in [-0.3, -0.25) is 4.79 Å². The summed E-state index contributed by atoms with van der Waals surface area (Å²) in [7, 11) is 0. The number of benzene rings is 1. The van der Waals surface area contributed by atoms with Crippen molar-refractivity contribution in [1.82, 2.24) is 4.98 Å². The number of hydrogen-bond donors (Lipinski definition) is 1. The van der Waals surface area contributed by atoms with Gasteiger partial charge in [0, 0.05) is 22.7 Å². The zero-order chi connectivity index (χ0) is 11.4. The van der Waals surface area contributed by atoms with Crippen molar-refractivity contribution in [3.05, 3.63) is 45.2 Å². The first-order chi connectivity index (χ1) is 7.18. The van der Waals surface area contributed by atoms with Gasteiger partial charge in [0.05, 0.1) is 5.52 Å². The van der Waals surface area contributed by atoms with Crippen LogP contribution in [0.25, 0.3) is 10.9 Å². The molecule has 15 heavy (non-hydrogen) atoms. The number of fused-ring (bicyclic) bond motifs is 1. The third-order valence-corrected chi connectivity index (χ3v) is 2.44. The molecule has 0 spiro atoms. The number of rotatable bonds is 0. The number of aromatic amines is 1. The summed E-state index contributed by atoms with van der Waals surface area (Å²) < 4.78 is 0. The number of aryl methyl sites for hydroxylation is 1. The van der Waals surface area contributed by atoms with E-state index < -0.39 is 0 Å². The molecule has 2 aromatic rings. The zero-order valence-electron chi connectivity index (χ0n) is 9.10. The lowest BCUT2D eigenvalue weighted by Crippen LogP contribution is -2.00. The Hall–Kier alpha value is -1.28. The maximum Gasteiger partial charge on any atom is 0.189 e. The normalized spacial score (nSPS) is 9.60. The second-order valence-electron chi connectivity index (χ2n) is 2.99. The van der Waals surface area contributed by atoms with Crippen LogP contribution in [0.5, 0.6) is 0 Å². The van der Waals surface area contributed by atoms with Gasteiger partial charge in [-0.1, -0.05) is 25.4 Å². The van der Waals surface area contributed by atoms with Crippen molar-refractivity contribution in [2.75, 3.05) is 0 Å². The number of hydrogen-bond acceptors (Lipinski definition) is 1. The predicted octanol–water partition coefficient (Wildman–Crippen LogP) is 3.52. The van der Waals surface area contributed by atoms with Gasteiger partial charge in [-0.2, -0.15) is 0 Å². The summed E-state index contributed by atoms with van der Waals surface area (Å²) in [5.74, 6) is 0. The minimum Gasteiger partial charge on any atom is -0.361 e. The molecular weight excluding hydrogens is 210 g/mol. The van der Waals surface area contributed by atoms with Gasteiger partial charge in [-0.05, 0) is 24.6 Å². The Bertz CT molecular complexity index is 517. The van der Waals surface area contributed by atoms with Crippen LogP contribution in [0.1, 0.15) is 19.4 Å². The molecule has 0 saturated carbocycles. The predicted molar refractivity (Wildman–Crippen MR) is 65.7 cm³/mol. The molecule has 0 radical (unpaired) electrons. The molecule has 2 nitrogen and oxygen atoms in total. The molecule has 1 N–H and O–H groups in total. The number of H-pyrrole nitrogens is 1. The summed E-state index contributed by atoms with van der Waals surface area (Å²) in [6.07, 6.45) is 1.62. The molecule has 0 bridgehead atoms. The van der Waals surface area contributed by atoms with Crippen molar-refractivity contribution in [3.8, 4) is 0 Å². The zero-order valence-corrected chi connectivity index (χ0v) is 9.85. The maximum atomic E-state index is 11.4. The van der Waals surface area contributed by atoms with E-state index >= 15 is 0 Å². The fourth-order valence-electron chi connectivity index (χ4n) is 1.30. The standard InChI is InChI=1S/C10H8ClNO.C2H6/c1-6-4-7-9(5-8(6)11)12-3-2-10(7)13;1-2/h2-5H,1H3,(H,12,13);1-2H3. The van der Waals surface area contributed by atoms with Crippen LogP contribution in [0.15, 0.2) is 29.2 Å². The van der Waals surface area contributed by atoms with Crippen LogP contribution < -0.4 is 5.43 Å². The van der Waals surface area contributed by atoms with Crippen LogP contribution in [0.4, 0.5) is 0 Å². The quantitative estimate of drug-likeness (QED) is 0.729. The molecule has 3 heteroatoms. The van der Waals surface area contributed by atoms with Crippen LogP contribution >= 0.6 is 11.6 Å². The maximum absolute atomic E-state index is 11.4. The Morgan fingerprint density at radius 3 is 2.60 bits per heavy atom. The lowest BCUT2D eigenvalue weighted by atomic mass is 10.1. The fraction of sp³-hybridized carbons (Fsp3) is 0.250. The van der Waals surface area contributed by atoms with Gasteiger partial charge in [0.2, 0.25) is 0 Å². The van der Waals surface area contributed by atoms with E-state index in [0.29, 0.717) is 10.4 Å². The second kappa shape index (κ2) is 4.99. The van der Waals surface area contributed by atoms with Crippen molar-refractivity contribution in [2.45, 2.75) is 20.8 Å². The molecule has 0 aliphatic carbocycles. The number of aromatic nitrogens is 1. The van der Waals surface area contributed by atoms with E-state index in [1.807, 2.05) is 20.8 Å². The van der Waals surface area contributed by atoms with Crippen LogP contribution in [0.3, 0.4) is 0 Å². The minimum atomic E-state index is 0.0218. The van der Waals surface area contributed by atoms with Gasteiger partial charge in [0.15, 0.2) is 5.43 Å². The van der Waals surface area contributed by atoms with E-state index in [1.165, 1.54) is 6.07 Å². The fourth-order valence-corrected chi connectivity index (χ4v) is 1.47. The van der Waals surface area contributed by atoms with Crippen molar-refractivity contribution < 1.29 is 0 Å². The third-order valence-electron chi connectivity index (χ3n) is 2.04. The highest BCUT2D eigenvalue weighted by atomic mass is 35.5. The largest absolute Gasteiger partial charge is 0.361 e. The molecule has 80 valence electrons. The average Bonchev–Trinajstić information content (AvgIpc) is 2.24. The van der Waals surface area contributed by atoms with E-state index in [1.54, 1.807) is 18.3 Å². The Balaban J connectivity index is 0.000000531. The molecule has 0 unspecified atom stereocenters. The molecule has 0 aliphatic heterocycles. The SMILES string of the molecule is CC.Cc1cc2c(=O)cc[nH]c2cc1Cl. The van der Waals surface area contributed by atoms with Gasteiger partial charge in [-0.15, -0.1) is 0 Å². The van der Waals surface area contributed by atoms with Crippen LogP contribution in [-0.4, -0.2) is 4.98 Å². The molecular formula is C12H14ClNO. The topological polar surface area (TPSA) is 32.9 Å². The molecule has 1 aromatic carbocycles. The molecule has 0 atom stereocenters. The Morgan fingerprint density at radius 2 is 1.93 bits per heavy atom. The molecule has 0 amide bonds. The minimum absolute atomic E-state index is 0.0218. The summed E-state index contributed by atoms with van der Waals surface area (Å²) in [4.78, 5) is 14.4. The van der Waals surface area contributed by atoms with E-state index in [-0.39, 0.29) is 5.43 Å². The second-order valence-corrected chi connectivity index (χ2v) is 3.40. The Morgan fingerprint density at radius 1 is 1.27 bits per heavy atom. The van der Waals surface area contributed by atoms with E-state index in [2.05, 4.69) is 4.98 Å². The van der Waals surface area contributed by atoms with Crippen molar-refractivity contribution >= 4 is 22.5 Å². The van der Waals surface area contributed by atoms with Crippen LogP contribution in [0.2, 0.25) is 5.02 Å². The van der Waals surface area contributed by atoms with Gasteiger partial charge in [0.1, 0.15) is 0 Å².